The van der Waals surface area contributed by atoms with Crippen molar-refractivity contribution in [3.63, 3.8) is 0 Å². The number of hydrogen-bond donors (Lipinski definition) is 0. The van der Waals surface area contributed by atoms with Gasteiger partial charge in [0, 0.05) is 12.5 Å². The van der Waals surface area contributed by atoms with Crippen LogP contribution in [0, 0.1) is 6.92 Å². The molecule has 110 valence electrons. The van der Waals surface area contributed by atoms with Crippen LogP contribution in [0.15, 0.2) is 24.3 Å². The van der Waals surface area contributed by atoms with Crippen LogP contribution in [0.5, 0.6) is 0 Å². The number of nitrogens with zero attached hydrogens (tertiary/aromatic N) is 2. The van der Waals surface area contributed by atoms with Crippen molar-refractivity contribution in [2.24, 2.45) is 0 Å². The summed E-state index contributed by atoms with van der Waals surface area (Å²) < 4.78 is 5.48. The van der Waals surface area contributed by atoms with E-state index in [1.165, 1.54) is 5.56 Å². The van der Waals surface area contributed by atoms with Gasteiger partial charge in [0.05, 0.1) is 12.2 Å². The van der Waals surface area contributed by atoms with Crippen LogP contribution in [0.1, 0.15) is 30.1 Å². The molecular formula is C16H16Cl2N2O. The van der Waals surface area contributed by atoms with E-state index in [-0.39, 0.29) is 5.92 Å². The second kappa shape index (κ2) is 6.30. The zero-order valence-corrected chi connectivity index (χ0v) is 13.3. The Hall–Kier alpha value is -1.16. The molecule has 0 saturated carbocycles. The minimum atomic E-state index is 0.181. The molecular weight excluding hydrogens is 307 g/mol. The average Bonchev–Trinajstić information content (AvgIpc) is 2.49. The van der Waals surface area contributed by atoms with E-state index >= 15 is 0 Å². The fourth-order valence-electron chi connectivity index (χ4n) is 2.51. The standard InChI is InChI=1S/C16H16Cl2N2O/c1-10-4-6-11(7-5-10)13-14(17)19-16(20-15(13)18)12-3-2-8-21-9-12/h4-7,12H,2-3,8-9H2,1H3. The summed E-state index contributed by atoms with van der Waals surface area (Å²) in [5, 5.41) is 0.804. The first-order chi connectivity index (χ1) is 10.1. The minimum Gasteiger partial charge on any atom is -0.381 e. The van der Waals surface area contributed by atoms with E-state index < -0.39 is 0 Å². The quantitative estimate of drug-likeness (QED) is 0.755. The lowest BCUT2D eigenvalue weighted by molar-refractivity contribution is 0.0780. The van der Waals surface area contributed by atoms with Crippen molar-refractivity contribution in [3.8, 4) is 11.1 Å². The molecule has 2 aromatic rings. The lowest BCUT2D eigenvalue weighted by Gasteiger charge is -2.21. The highest BCUT2D eigenvalue weighted by Gasteiger charge is 2.22. The molecule has 3 rings (SSSR count). The molecule has 0 amide bonds. The third-order valence-corrected chi connectivity index (χ3v) is 4.25. The van der Waals surface area contributed by atoms with Crippen LogP contribution in [0.3, 0.4) is 0 Å². The number of aryl methyl sites for hydroxylation is 1. The van der Waals surface area contributed by atoms with E-state index in [1.807, 2.05) is 31.2 Å². The highest BCUT2D eigenvalue weighted by atomic mass is 35.5. The Morgan fingerprint density at radius 1 is 1.10 bits per heavy atom. The van der Waals surface area contributed by atoms with Crippen LogP contribution in [0.25, 0.3) is 11.1 Å². The Labute approximate surface area is 134 Å². The molecule has 1 fully saturated rings. The zero-order chi connectivity index (χ0) is 14.8. The van der Waals surface area contributed by atoms with Gasteiger partial charge in [0.15, 0.2) is 0 Å². The molecule has 0 bridgehead atoms. The van der Waals surface area contributed by atoms with Crippen LogP contribution >= 0.6 is 23.2 Å². The maximum atomic E-state index is 6.35. The van der Waals surface area contributed by atoms with Gasteiger partial charge < -0.3 is 4.74 Å². The predicted octanol–water partition coefficient (Wildman–Crippen LogP) is 4.65. The molecule has 2 heterocycles. The lowest BCUT2D eigenvalue weighted by Crippen LogP contribution is -2.18. The van der Waals surface area contributed by atoms with Gasteiger partial charge in [0.25, 0.3) is 0 Å². The monoisotopic (exact) mass is 322 g/mol. The Morgan fingerprint density at radius 2 is 1.76 bits per heavy atom. The van der Waals surface area contributed by atoms with Crippen LogP contribution in [0.4, 0.5) is 0 Å². The first-order valence-corrected chi connectivity index (χ1v) is 7.78. The highest BCUT2D eigenvalue weighted by Crippen LogP contribution is 2.34. The van der Waals surface area contributed by atoms with Gasteiger partial charge in [-0.1, -0.05) is 53.0 Å². The van der Waals surface area contributed by atoms with Crippen molar-refractivity contribution >= 4 is 23.2 Å². The van der Waals surface area contributed by atoms with E-state index in [2.05, 4.69) is 9.97 Å². The van der Waals surface area contributed by atoms with Gasteiger partial charge in [0.2, 0.25) is 0 Å². The molecule has 1 atom stereocenters. The van der Waals surface area contributed by atoms with Crippen molar-refractivity contribution < 1.29 is 4.74 Å². The van der Waals surface area contributed by atoms with Crippen molar-refractivity contribution in [2.45, 2.75) is 25.7 Å². The summed E-state index contributed by atoms with van der Waals surface area (Å²) in [5.74, 6) is 0.862. The summed E-state index contributed by atoms with van der Waals surface area (Å²) >= 11 is 12.7. The van der Waals surface area contributed by atoms with Gasteiger partial charge in [-0.15, -0.1) is 0 Å². The van der Waals surface area contributed by atoms with Crippen LogP contribution in [0.2, 0.25) is 10.3 Å². The maximum Gasteiger partial charge on any atom is 0.142 e. The van der Waals surface area contributed by atoms with Crippen molar-refractivity contribution in [1.82, 2.24) is 9.97 Å². The molecule has 5 heteroatoms. The van der Waals surface area contributed by atoms with Gasteiger partial charge in [0.1, 0.15) is 16.1 Å². The Balaban J connectivity index is 1.97. The number of rotatable bonds is 2. The Bertz CT molecular complexity index is 614. The zero-order valence-electron chi connectivity index (χ0n) is 11.8. The van der Waals surface area contributed by atoms with E-state index in [9.17, 15) is 0 Å². The fraction of sp³-hybridized carbons (Fsp3) is 0.375. The van der Waals surface area contributed by atoms with E-state index in [0.717, 1.165) is 25.0 Å². The van der Waals surface area contributed by atoms with Crippen molar-refractivity contribution in [3.05, 3.63) is 46.0 Å². The molecule has 1 aliphatic rings. The van der Waals surface area contributed by atoms with Gasteiger partial charge in [-0.05, 0) is 25.3 Å². The van der Waals surface area contributed by atoms with E-state index in [4.69, 9.17) is 27.9 Å². The summed E-state index contributed by atoms with van der Waals surface area (Å²) in [6.07, 6.45) is 2.03. The second-order valence-electron chi connectivity index (χ2n) is 5.32. The Morgan fingerprint density at radius 3 is 2.33 bits per heavy atom. The molecule has 1 aromatic heterocycles. The van der Waals surface area contributed by atoms with Crippen LogP contribution in [-0.2, 0) is 4.74 Å². The number of halogens is 2. The summed E-state index contributed by atoms with van der Waals surface area (Å²) in [6.45, 7) is 3.48. The smallest absolute Gasteiger partial charge is 0.142 e. The molecule has 0 N–H and O–H groups in total. The SMILES string of the molecule is Cc1ccc(-c2c(Cl)nc(C3CCCOC3)nc2Cl)cc1. The van der Waals surface area contributed by atoms with Gasteiger partial charge >= 0.3 is 0 Å². The van der Waals surface area contributed by atoms with Crippen molar-refractivity contribution in [2.75, 3.05) is 13.2 Å². The normalized spacial score (nSPS) is 18.7. The molecule has 1 aromatic carbocycles. The van der Waals surface area contributed by atoms with E-state index in [0.29, 0.717) is 28.3 Å². The number of benzene rings is 1. The molecule has 0 spiro atoms. The Kier molecular flexibility index (Phi) is 4.43. The predicted molar refractivity (Wildman–Crippen MR) is 85.0 cm³/mol. The van der Waals surface area contributed by atoms with Crippen molar-refractivity contribution in [1.29, 1.82) is 0 Å². The molecule has 1 unspecified atom stereocenters. The van der Waals surface area contributed by atoms with E-state index in [1.54, 1.807) is 0 Å². The fourth-order valence-corrected chi connectivity index (χ4v) is 3.13. The first kappa shape index (κ1) is 14.8. The highest BCUT2D eigenvalue weighted by molar-refractivity contribution is 6.37. The summed E-state index contributed by atoms with van der Waals surface area (Å²) in [6, 6.07) is 8.00. The second-order valence-corrected chi connectivity index (χ2v) is 6.03. The molecule has 1 aliphatic heterocycles. The average molecular weight is 323 g/mol. The molecule has 1 saturated heterocycles. The number of ether oxygens (including phenoxy) is 1. The number of hydrogen-bond acceptors (Lipinski definition) is 3. The maximum absolute atomic E-state index is 6.35. The topological polar surface area (TPSA) is 35.0 Å². The molecule has 0 radical (unpaired) electrons. The molecule has 21 heavy (non-hydrogen) atoms. The third-order valence-electron chi connectivity index (χ3n) is 3.70. The van der Waals surface area contributed by atoms with Gasteiger partial charge in [-0.25, -0.2) is 9.97 Å². The lowest BCUT2D eigenvalue weighted by atomic mass is 10.0. The van der Waals surface area contributed by atoms with Gasteiger partial charge in [-0.3, -0.25) is 0 Å². The minimum absolute atomic E-state index is 0.181. The molecule has 0 aliphatic carbocycles. The summed E-state index contributed by atoms with van der Waals surface area (Å²) in [7, 11) is 0. The summed E-state index contributed by atoms with van der Waals surface area (Å²) in [4.78, 5) is 8.89. The summed E-state index contributed by atoms with van der Waals surface area (Å²) in [5.41, 5.74) is 2.81. The molecule has 3 nitrogen and oxygen atoms in total. The van der Waals surface area contributed by atoms with Gasteiger partial charge in [-0.2, -0.15) is 0 Å². The van der Waals surface area contributed by atoms with Crippen LogP contribution in [-0.4, -0.2) is 23.2 Å². The largest absolute Gasteiger partial charge is 0.381 e. The third kappa shape index (κ3) is 3.20. The number of aromatic nitrogens is 2. The first-order valence-electron chi connectivity index (χ1n) is 7.03. The van der Waals surface area contributed by atoms with Crippen LogP contribution < -0.4 is 0 Å².